The summed E-state index contributed by atoms with van der Waals surface area (Å²) in [4.78, 5) is 29.2. The molecule has 0 bridgehead atoms. The summed E-state index contributed by atoms with van der Waals surface area (Å²) in [5.74, 6) is 0.0753. The van der Waals surface area contributed by atoms with Gasteiger partial charge in [0, 0.05) is 43.1 Å². The highest BCUT2D eigenvalue weighted by Crippen LogP contribution is 2.25. The minimum Gasteiger partial charge on any atom is -0.434 e. The highest BCUT2D eigenvalue weighted by atomic mass is 127. The van der Waals surface area contributed by atoms with Gasteiger partial charge in [0.1, 0.15) is 5.75 Å². The van der Waals surface area contributed by atoms with Crippen LogP contribution in [0.15, 0.2) is 23.2 Å². The molecule has 162 valence electrons. The molecule has 1 fully saturated rings. The summed E-state index contributed by atoms with van der Waals surface area (Å²) < 4.78 is 29.6. The number of rotatable bonds is 8. The van der Waals surface area contributed by atoms with Crippen LogP contribution < -0.4 is 15.4 Å². The van der Waals surface area contributed by atoms with Crippen molar-refractivity contribution in [1.82, 2.24) is 15.5 Å². The molecule has 0 aromatic heterocycles. The van der Waals surface area contributed by atoms with Gasteiger partial charge in [-0.05, 0) is 31.5 Å². The Balaban J connectivity index is 0.00000420. The molecule has 1 aromatic rings. The second-order valence-corrected chi connectivity index (χ2v) is 6.48. The third-order valence-corrected chi connectivity index (χ3v) is 4.24. The van der Waals surface area contributed by atoms with E-state index in [0.29, 0.717) is 48.9 Å². The minimum absolute atomic E-state index is 0. The molecule has 0 radical (unpaired) electrons. The molecule has 2 N–H and O–H groups in total. The SMILES string of the molecule is CCNC(=NCc1cc(Cl)ccc1OC(F)F)NCCN1C(=O)CCCC1=O.I. The number of likely N-dealkylation sites (tertiary alicyclic amines) is 1. The van der Waals surface area contributed by atoms with Crippen molar-refractivity contribution in [3.63, 3.8) is 0 Å². The van der Waals surface area contributed by atoms with Gasteiger partial charge < -0.3 is 15.4 Å². The van der Waals surface area contributed by atoms with Crippen molar-refractivity contribution in [3.05, 3.63) is 28.8 Å². The first kappa shape index (κ1) is 25.3. The van der Waals surface area contributed by atoms with Gasteiger partial charge in [0.2, 0.25) is 11.8 Å². The number of hydrogen-bond donors (Lipinski definition) is 2. The number of imide groups is 1. The van der Waals surface area contributed by atoms with Gasteiger partial charge in [0.05, 0.1) is 6.54 Å². The second-order valence-electron chi connectivity index (χ2n) is 6.05. The molecule has 0 aliphatic carbocycles. The summed E-state index contributed by atoms with van der Waals surface area (Å²) >= 11 is 5.93. The number of halogens is 4. The topological polar surface area (TPSA) is 83.0 Å². The third kappa shape index (κ3) is 8.29. The number of benzene rings is 1. The summed E-state index contributed by atoms with van der Waals surface area (Å²) in [7, 11) is 0. The van der Waals surface area contributed by atoms with Crippen molar-refractivity contribution < 1.29 is 23.1 Å². The number of amides is 2. The van der Waals surface area contributed by atoms with E-state index >= 15 is 0 Å². The third-order valence-electron chi connectivity index (χ3n) is 4.00. The maximum absolute atomic E-state index is 12.6. The average molecular weight is 545 g/mol. The number of nitrogens with one attached hydrogen (secondary N) is 2. The summed E-state index contributed by atoms with van der Waals surface area (Å²) in [5, 5.41) is 6.42. The minimum atomic E-state index is -2.95. The molecular formula is C18H24ClF2IN4O3. The molecule has 2 rings (SSSR count). The Labute approximate surface area is 190 Å². The van der Waals surface area contributed by atoms with Gasteiger partial charge in [-0.15, -0.1) is 24.0 Å². The van der Waals surface area contributed by atoms with Crippen LogP contribution in [0, 0.1) is 0 Å². The smallest absolute Gasteiger partial charge is 0.387 e. The summed E-state index contributed by atoms with van der Waals surface area (Å²) in [6, 6.07) is 4.34. The van der Waals surface area contributed by atoms with Gasteiger partial charge >= 0.3 is 6.61 Å². The summed E-state index contributed by atoms with van der Waals surface area (Å²) in [5.41, 5.74) is 0.409. The molecule has 7 nitrogen and oxygen atoms in total. The highest BCUT2D eigenvalue weighted by molar-refractivity contribution is 14.0. The Kier molecular flexibility index (Phi) is 11.2. The monoisotopic (exact) mass is 544 g/mol. The standard InChI is InChI=1S/C18H23ClF2N4O3.HI/c1-2-22-18(23-8-9-25-15(26)4-3-5-16(25)27)24-11-12-10-13(19)6-7-14(12)28-17(20)21;/h6-7,10,17H,2-5,8-9,11H2,1H3,(H2,22,23,24);1H. The first-order valence-corrected chi connectivity index (χ1v) is 9.37. The lowest BCUT2D eigenvalue weighted by Crippen LogP contribution is -2.46. The fourth-order valence-corrected chi connectivity index (χ4v) is 2.92. The van der Waals surface area contributed by atoms with E-state index in [1.54, 1.807) is 0 Å². The molecule has 1 saturated heterocycles. The lowest BCUT2D eigenvalue weighted by atomic mass is 10.1. The van der Waals surface area contributed by atoms with Crippen molar-refractivity contribution in [2.45, 2.75) is 39.3 Å². The van der Waals surface area contributed by atoms with Crippen LogP contribution in [0.2, 0.25) is 5.02 Å². The predicted molar refractivity (Wildman–Crippen MR) is 117 cm³/mol. The molecular weight excluding hydrogens is 521 g/mol. The number of ether oxygens (including phenoxy) is 1. The first-order chi connectivity index (χ1) is 13.4. The second kappa shape index (κ2) is 12.8. The van der Waals surface area contributed by atoms with Crippen LogP contribution in [-0.4, -0.2) is 48.9 Å². The van der Waals surface area contributed by atoms with Crippen molar-refractivity contribution >= 4 is 53.4 Å². The molecule has 0 spiro atoms. The molecule has 1 heterocycles. The molecule has 0 atom stereocenters. The van der Waals surface area contributed by atoms with Crippen LogP contribution in [0.4, 0.5) is 8.78 Å². The number of carbonyl (C=O) groups is 2. The Morgan fingerprint density at radius 1 is 1.28 bits per heavy atom. The number of alkyl halides is 2. The van der Waals surface area contributed by atoms with E-state index in [1.807, 2.05) is 6.92 Å². The zero-order chi connectivity index (χ0) is 20.5. The predicted octanol–water partition coefficient (Wildman–Crippen LogP) is 3.15. The molecule has 29 heavy (non-hydrogen) atoms. The van der Waals surface area contributed by atoms with Crippen molar-refractivity contribution in [3.8, 4) is 5.75 Å². The Hall–Kier alpha value is -1.69. The van der Waals surface area contributed by atoms with Crippen LogP contribution >= 0.6 is 35.6 Å². The Morgan fingerprint density at radius 3 is 2.59 bits per heavy atom. The fraction of sp³-hybridized carbons (Fsp3) is 0.500. The van der Waals surface area contributed by atoms with Gasteiger partial charge in [-0.1, -0.05) is 11.6 Å². The number of hydrogen-bond acceptors (Lipinski definition) is 4. The Morgan fingerprint density at radius 2 is 1.97 bits per heavy atom. The van der Waals surface area contributed by atoms with Crippen LogP contribution in [0.3, 0.4) is 0 Å². The largest absolute Gasteiger partial charge is 0.434 e. The molecule has 1 aromatic carbocycles. The van der Waals surface area contributed by atoms with E-state index in [-0.39, 0.29) is 54.6 Å². The van der Waals surface area contributed by atoms with Crippen LogP contribution in [-0.2, 0) is 16.1 Å². The van der Waals surface area contributed by atoms with Crippen LogP contribution in [0.5, 0.6) is 5.75 Å². The quantitative estimate of drug-likeness (QED) is 0.227. The van der Waals surface area contributed by atoms with Crippen LogP contribution in [0.25, 0.3) is 0 Å². The van der Waals surface area contributed by atoms with Crippen LogP contribution in [0.1, 0.15) is 31.7 Å². The average Bonchev–Trinajstić information content (AvgIpc) is 2.63. The summed E-state index contributed by atoms with van der Waals surface area (Å²) in [6.07, 6.45) is 1.34. The summed E-state index contributed by atoms with van der Waals surface area (Å²) in [6.45, 7) is 0.107. The van der Waals surface area contributed by atoms with Gasteiger partial charge in [0.15, 0.2) is 5.96 Å². The van der Waals surface area contributed by atoms with Gasteiger partial charge in [0.25, 0.3) is 0 Å². The molecule has 11 heteroatoms. The number of carbonyl (C=O) groups excluding carboxylic acids is 2. The van der Waals surface area contributed by atoms with Crippen molar-refractivity contribution in [1.29, 1.82) is 0 Å². The fourth-order valence-electron chi connectivity index (χ4n) is 2.72. The lowest BCUT2D eigenvalue weighted by Gasteiger charge is -2.25. The van der Waals surface area contributed by atoms with Crippen molar-refractivity contribution in [2.24, 2.45) is 4.99 Å². The van der Waals surface area contributed by atoms with E-state index in [9.17, 15) is 18.4 Å². The van der Waals surface area contributed by atoms with E-state index < -0.39 is 6.61 Å². The van der Waals surface area contributed by atoms with Gasteiger partial charge in [-0.3, -0.25) is 14.5 Å². The number of nitrogens with zero attached hydrogens (tertiary/aromatic N) is 2. The van der Waals surface area contributed by atoms with E-state index in [4.69, 9.17) is 11.6 Å². The molecule has 1 aliphatic rings. The molecule has 0 saturated carbocycles. The molecule has 1 aliphatic heterocycles. The maximum atomic E-state index is 12.6. The number of piperidine rings is 1. The van der Waals surface area contributed by atoms with Gasteiger partial charge in [-0.2, -0.15) is 8.78 Å². The molecule has 0 unspecified atom stereocenters. The first-order valence-electron chi connectivity index (χ1n) is 8.99. The maximum Gasteiger partial charge on any atom is 0.387 e. The van der Waals surface area contributed by atoms with E-state index in [1.165, 1.54) is 23.1 Å². The van der Waals surface area contributed by atoms with Crippen molar-refractivity contribution in [2.75, 3.05) is 19.6 Å². The zero-order valence-electron chi connectivity index (χ0n) is 15.9. The van der Waals surface area contributed by atoms with Gasteiger partial charge in [-0.25, -0.2) is 4.99 Å². The highest BCUT2D eigenvalue weighted by Gasteiger charge is 2.25. The zero-order valence-corrected chi connectivity index (χ0v) is 19.0. The Bertz CT molecular complexity index is 721. The number of aliphatic imine (C=N–C) groups is 1. The lowest BCUT2D eigenvalue weighted by molar-refractivity contribution is -0.147. The van der Waals surface area contributed by atoms with E-state index in [2.05, 4.69) is 20.4 Å². The van der Waals surface area contributed by atoms with E-state index in [0.717, 1.165) is 0 Å². The normalized spacial score (nSPS) is 14.7. The molecule has 2 amide bonds. The number of guanidine groups is 1.